The lowest BCUT2D eigenvalue weighted by Crippen LogP contribution is -2.33. The molecule has 0 saturated carbocycles. The highest BCUT2D eigenvalue weighted by Gasteiger charge is 2.02. The fraction of sp³-hybridized carbons (Fsp3) is 0.400. The summed E-state index contributed by atoms with van der Waals surface area (Å²) in [5.41, 5.74) is 1.22. The van der Waals surface area contributed by atoms with Gasteiger partial charge in [0.15, 0.2) is 0 Å². The molecule has 0 radical (unpaired) electrons. The summed E-state index contributed by atoms with van der Waals surface area (Å²) in [7, 11) is 0. The van der Waals surface area contributed by atoms with Gasteiger partial charge in [-0.25, -0.2) is 0 Å². The average molecular weight is 197 g/mol. The molecule has 1 rings (SSSR count). The van der Waals surface area contributed by atoms with Gasteiger partial charge < -0.3 is 10.4 Å². The predicted octanol–water partition coefficient (Wildman–Crippen LogP) is 1.07. The topological polar surface area (TPSA) is 32.3 Å². The van der Waals surface area contributed by atoms with Crippen molar-refractivity contribution in [3.05, 3.63) is 35.9 Å². The number of rotatable bonds is 5. The number of aliphatic hydroxyl groups excluding tert-OH is 1. The van der Waals surface area contributed by atoms with Crippen molar-refractivity contribution < 1.29 is 5.11 Å². The van der Waals surface area contributed by atoms with Crippen LogP contribution in [0.3, 0.4) is 0 Å². The number of hydrogen-bond donors (Lipinski definition) is 3. The number of benzene rings is 1. The molecule has 3 heteroatoms. The SMILES string of the molecule is OC[C@@H](CS)NCc1ccccc1. The molecule has 0 fully saturated rings. The minimum absolute atomic E-state index is 0.0866. The van der Waals surface area contributed by atoms with Gasteiger partial charge in [-0.15, -0.1) is 0 Å². The smallest absolute Gasteiger partial charge is 0.0592 e. The summed E-state index contributed by atoms with van der Waals surface area (Å²) in [6.07, 6.45) is 0. The Morgan fingerprint density at radius 2 is 2.00 bits per heavy atom. The van der Waals surface area contributed by atoms with Gasteiger partial charge in [0.05, 0.1) is 6.61 Å². The molecule has 1 aromatic rings. The minimum Gasteiger partial charge on any atom is -0.395 e. The van der Waals surface area contributed by atoms with Gasteiger partial charge in [0.25, 0.3) is 0 Å². The van der Waals surface area contributed by atoms with Gasteiger partial charge in [0, 0.05) is 18.3 Å². The molecule has 1 atom stereocenters. The second-order valence-corrected chi connectivity index (χ2v) is 3.29. The normalized spacial score (nSPS) is 12.8. The summed E-state index contributed by atoms with van der Waals surface area (Å²) in [6, 6.07) is 10.2. The highest BCUT2D eigenvalue weighted by molar-refractivity contribution is 7.80. The molecule has 0 aliphatic carbocycles. The van der Waals surface area contributed by atoms with E-state index >= 15 is 0 Å². The van der Waals surface area contributed by atoms with Crippen LogP contribution in [-0.2, 0) is 6.54 Å². The Morgan fingerprint density at radius 1 is 1.31 bits per heavy atom. The lowest BCUT2D eigenvalue weighted by molar-refractivity contribution is 0.253. The summed E-state index contributed by atoms with van der Waals surface area (Å²) >= 11 is 4.12. The third-order valence-electron chi connectivity index (χ3n) is 1.88. The quantitative estimate of drug-likeness (QED) is 0.617. The van der Waals surface area contributed by atoms with Crippen LogP contribution >= 0.6 is 12.6 Å². The lowest BCUT2D eigenvalue weighted by Gasteiger charge is -2.13. The van der Waals surface area contributed by atoms with Gasteiger partial charge in [0.2, 0.25) is 0 Å². The van der Waals surface area contributed by atoms with Crippen LogP contribution in [0, 0.1) is 0 Å². The van der Waals surface area contributed by atoms with E-state index in [2.05, 4.69) is 30.1 Å². The van der Waals surface area contributed by atoms with Crippen LogP contribution in [0.5, 0.6) is 0 Å². The zero-order chi connectivity index (χ0) is 9.52. The van der Waals surface area contributed by atoms with E-state index in [-0.39, 0.29) is 12.6 Å². The second kappa shape index (κ2) is 6.02. The Bertz CT molecular complexity index is 224. The lowest BCUT2D eigenvalue weighted by atomic mass is 10.2. The van der Waals surface area contributed by atoms with Gasteiger partial charge in [-0.3, -0.25) is 0 Å². The highest BCUT2D eigenvalue weighted by atomic mass is 32.1. The van der Waals surface area contributed by atoms with Crippen molar-refractivity contribution >= 4 is 12.6 Å². The van der Waals surface area contributed by atoms with Gasteiger partial charge in [-0.1, -0.05) is 30.3 Å². The largest absolute Gasteiger partial charge is 0.395 e. The average Bonchev–Trinajstić information content (AvgIpc) is 2.21. The van der Waals surface area contributed by atoms with E-state index in [0.717, 1.165) is 6.54 Å². The van der Waals surface area contributed by atoms with Gasteiger partial charge in [-0.2, -0.15) is 12.6 Å². The summed E-state index contributed by atoms with van der Waals surface area (Å²) in [6.45, 7) is 0.920. The fourth-order valence-corrected chi connectivity index (χ4v) is 1.29. The maximum absolute atomic E-state index is 8.89. The standard InChI is InChI=1S/C10H15NOS/c12-7-10(8-13)11-6-9-4-2-1-3-5-9/h1-5,10-13H,6-8H2/t10-/m0/s1. The molecule has 13 heavy (non-hydrogen) atoms. The summed E-state index contributed by atoms with van der Waals surface area (Å²) < 4.78 is 0. The first kappa shape index (κ1) is 10.6. The first-order valence-corrected chi connectivity index (χ1v) is 4.99. The molecule has 0 aliphatic rings. The molecular formula is C10H15NOS. The molecule has 0 amide bonds. The third-order valence-corrected chi connectivity index (χ3v) is 2.32. The number of aliphatic hydroxyl groups is 1. The van der Waals surface area contributed by atoms with Crippen LogP contribution in [0.1, 0.15) is 5.56 Å². The van der Waals surface area contributed by atoms with Crippen LogP contribution in [-0.4, -0.2) is 23.5 Å². The monoisotopic (exact) mass is 197 g/mol. The first-order chi connectivity index (χ1) is 6.36. The van der Waals surface area contributed by atoms with Crippen molar-refractivity contribution in [2.45, 2.75) is 12.6 Å². The molecule has 0 heterocycles. The molecule has 0 unspecified atom stereocenters. The van der Waals surface area contributed by atoms with Crippen molar-refractivity contribution in [3.63, 3.8) is 0 Å². The third kappa shape index (κ3) is 3.81. The van der Waals surface area contributed by atoms with Crippen molar-refractivity contribution in [3.8, 4) is 0 Å². The van der Waals surface area contributed by atoms with Crippen LogP contribution in [0.2, 0.25) is 0 Å². The van der Waals surface area contributed by atoms with E-state index in [1.807, 2.05) is 18.2 Å². The molecule has 2 N–H and O–H groups in total. The van der Waals surface area contributed by atoms with E-state index in [1.165, 1.54) is 5.56 Å². The minimum atomic E-state index is 0.0866. The van der Waals surface area contributed by atoms with Crippen molar-refractivity contribution in [2.24, 2.45) is 0 Å². The molecule has 72 valence electrons. The maximum atomic E-state index is 8.89. The molecular weight excluding hydrogens is 182 g/mol. The number of thiol groups is 1. The Morgan fingerprint density at radius 3 is 2.54 bits per heavy atom. The van der Waals surface area contributed by atoms with E-state index in [4.69, 9.17) is 5.11 Å². The summed E-state index contributed by atoms with van der Waals surface area (Å²) in [5.74, 6) is 0.656. The molecule has 2 nitrogen and oxygen atoms in total. The Kier molecular flexibility index (Phi) is 4.90. The van der Waals surface area contributed by atoms with Crippen LogP contribution in [0.15, 0.2) is 30.3 Å². The second-order valence-electron chi connectivity index (χ2n) is 2.93. The van der Waals surface area contributed by atoms with E-state index < -0.39 is 0 Å². The van der Waals surface area contributed by atoms with Gasteiger partial charge in [0.1, 0.15) is 0 Å². The number of nitrogens with one attached hydrogen (secondary N) is 1. The number of hydrogen-bond acceptors (Lipinski definition) is 3. The molecule has 0 aliphatic heterocycles. The van der Waals surface area contributed by atoms with Crippen LogP contribution in [0.25, 0.3) is 0 Å². The summed E-state index contributed by atoms with van der Waals surface area (Å²) in [4.78, 5) is 0. The van der Waals surface area contributed by atoms with E-state index in [0.29, 0.717) is 5.75 Å². The Labute approximate surface area is 84.4 Å². The van der Waals surface area contributed by atoms with Gasteiger partial charge in [-0.05, 0) is 5.56 Å². The van der Waals surface area contributed by atoms with Crippen molar-refractivity contribution in [2.75, 3.05) is 12.4 Å². The van der Waals surface area contributed by atoms with Gasteiger partial charge >= 0.3 is 0 Å². The molecule has 0 bridgehead atoms. The molecule has 0 aromatic heterocycles. The van der Waals surface area contributed by atoms with E-state index in [9.17, 15) is 0 Å². The predicted molar refractivity (Wildman–Crippen MR) is 58.0 cm³/mol. The fourth-order valence-electron chi connectivity index (χ4n) is 1.04. The zero-order valence-electron chi connectivity index (χ0n) is 7.48. The Hall–Kier alpha value is -0.510. The molecule has 0 spiro atoms. The first-order valence-electron chi connectivity index (χ1n) is 4.36. The zero-order valence-corrected chi connectivity index (χ0v) is 8.37. The van der Waals surface area contributed by atoms with Crippen LogP contribution in [0.4, 0.5) is 0 Å². The maximum Gasteiger partial charge on any atom is 0.0592 e. The highest BCUT2D eigenvalue weighted by Crippen LogP contribution is 1.98. The van der Waals surface area contributed by atoms with Crippen LogP contribution < -0.4 is 5.32 Å². The Balaban J connectivity index is 2.34. The summed E-state index contributed by atoms with van der Waals surface area (Å²) in [5, 5.41) is 12.1. The van der Waals surface area contributed by atoms with Crippen molar-refractivity contribution in [1.29, 1.82) is 0 Å². The van der Waals surface area contributed by atoms with E-state index in [1.54, 1.807) is 0 Å². The van der Waals surface area contributed by atoms with Crippen molar-refractivity contribution in [1.82, 2.24) is 5.32 Å². The molecule has 1 aromatic carbocycles. The molecule has 0 saturated heterocycles.